The Morgan fingerprint density at radius 1 is 1.03 bits per heavy atom. The summed E-state index contributed by atoms with van der Waals surface area (Å²) >= 11 is 12.3. The summed E-state index contributed by atoms with van der Waals surface area (Å²) in [5.74, 6) is 0.0132. The molecule has 0 aliphatic carbocycles. The molecule has 1 aromatic heterocycles. The van der Waals surface area contributed by atoms with Crippen molar-refractivity contribution in [3.63, 3.8) is 0 Å². The zero-order valence-electron chi connectivity index (χ0n) is 17.3. The van der Waals surface area contributed by atoms with Crippen molar-refractivity contribution < 1.29 is 13.2 Å². The van der Waals surface area contributed by atoms with Gasteiger partial charge in [0, 0.05) is 15.6 Å². The summed E-state index contributed by atoms with van der Waals surface area (Å²) in [6, 6.07) is 16.5. The number of nitrogens with zero attached hydrogens (tertiary/aromatic N) is 2. The van der Waals surface area contributed by atoms with Gasteiger partial charge >= 0.3 is 0 Å². The second-order valence-electron chi connectivity index (χ2n) is 7.44. The fourth-order valence-electron chi connectivity index (χ4n) is 3.43. The molecule has 32 heavy (non-hydrogen) atoms. The molecule has 0 saturated heterocycles. The van der Waals surface area contributed by atoms with Crippen LogP contribution in [0, 0.1) is 13.8 Å². The summed E-state index contributed by atoms with van der Waals surface area (Å²) in [4.78, 5) is 17.3. The van der Waals surface area contributed by atoms with Crippen molar-refractivity contribution in [1.82, 2.24) is 14.3 Å². The number of nitrogens with one attached hydrogen (secondary N) is 1. The van der Waals surface area contributed by atoms with Crippen LogP contribution in [-0.4, -0.2) is 23.9 Å². The van der Waals surface area contributed by atoms with E-state index in [1.54, 1.807) is 49.4 Å². The first-order valence-electron chi connectivity index (χ1n) is 9.69. The minimum Gasteiger partial charge on any atom is -0.324 e. The van der Waals surface area contributed by atoms with Crippen molar-refractivity contribution in [3.8, 4) is 0 Å². The van der Waals surface area contributed by atoms with Crippen LogP contribution >= 0.6 is 23.2 Å². The van der Waals surface area contributed by atoms with Gasteiger partial charge in [0.2, 0.25) is 0 Å². The second-order valence-corrected chi connectivity index (χ2v) is 9.96. The predicted molar refractivity (Wildman–Crippen MR) is 126 cm³/mol. The standard InChI is InChI=1S/C23H19Cl2N3O3S/c1-14-4-3-5-19(10-14)32(30,31)27-23(29)16-7-9-21-22(11-16)28(15(2)26-21)13-17-6-8-18(24)12-20(17)25/h3-12H,13H2,1-2H3,(H,27,29). The quantitative estimate of drug-likeness (QED) is 0.423. The lowest BCUT2D eigenvalue weighted by Gasteiger charge is -2.11. The van der Waals surface area contributed by atoms with Gasteiger partial charge in [0.1, 0.15) is 5.82 Å². The Bertz CT molecular complexity index is 1460. The van der Waals surface area contributed by atoms with E-state index in [2.05, 4.69) is 9.71 Å². The zero-order valence-corrected chi connectivity index (χ0v) is 19.6. The SMILES string of the molecule is Cc1cccc(S(=O)(=O)NC(=O)c2ccc3nc(C)n(Cc4ccc(Cl)cc4Cl)c3c2)c1. The van der Waals surface area contributed by atoms with Gasteiger partial charge in [-0.25, -0.2) is 18.1 Å². The van der Waals surface area contributed by atoms with Gasteiger partial charge in [-0.15, -0.1) is 0 Å². The third-order valence-electron chi connectivity index (χ3n) is 5.07. The maximum absolute atomic E-state index is 12.8. The number of carbonyl (C=O) groups excluding carboxylic acids is 1. The average Bonchev–Trinajstić information content (AvgIpc) is 3.04. The molecule has 0 spiro atoms. The minimum absolute atomic E-state index is 0.0326. The highest BCUT2D eigenvalue weighted by atomic mass is 35.5. The summed E-state index contributed by atoms with van der Waals surface area (Å²) < 4.78 is 29.3. The lowest BCUT2D eigenvalue weighted by Crippen LogP contribution is -2.30. The van der Waals surface area contributed by atoms with Crippen LogP contribution in [0.2, 0.25) is 10.0 Å². The Labute approximate surface area is 195 Å². The third-order valence-corrected chi connectivity index (χ3v) is 6.99. The van der Waals surface area contributed by atoms with Crippen LogP contribution in [0.1, 0.15) is 27.3 Å². The van der Waals surface area contributed by atoms with Crippen LogP contribution in [0.15, 0.2) is 65.6 Å². The van der Waals surface area contributed by atoms with E-state index >= 15 is 0 Å². The molecule has 0 aliphatic heterocycles. The second kappa shape index (κ2) is 8.58. The van der Waals surface area contributed by atoms with Crippen LogP contribution < -0.4 is 4.72 Å². The molecule has 4 aromatic rings. The molecule has 0 fully saturated rings. The van der Waals surface area contributed by atoms with Gasteiger partial charge in [0.05, 0.1) is 22.5 Å². The highest BCUT2D eigenvalue weighted by Crippen LogP contribution is 2.25. The molecule has 0 radical (unpaired) electrons. The molecule has 9 heteroatoms. The van der Waals surface area contributed by atoms with E-state index in [9.17, 15) is 13.2 Å². The van der Waals surface area contributed by atoms with E-state index < -0.39 is 15.9 Å². The van der Waals surface area contributed by atoms with E-state index in [1.807, 2.05) is 17.6 Å². The molecule has 164 valence electrons. The molecule has 0 unspecified atom stereocenters. The minimum atomic E-state index is -4.00. The first kappa shape index (κ1) is 22.3. The lowest BCUT2D eigenvalue weighted by molar-refractivity contribution is 0.0981. The number of aromatic nitrogens is 2. The largest absolute Gasteiger partial charge is 0.324 e. The fraction of sp³-hybridized carbons (Fsp3) is 0.130. The number of amides is 1. The summed E-state index contributed by atoms with van der Waals surface area (Å²) in [5.41, 5.74) is 3.20. The van der Waals surface area contributed by atoms with E-state index in [0.29, 0.717) is 27.6 Å². The number of carbonyl (C=O) groups is 1. The molecule has 1 amide bonds. The molecule has 0 atom stereocenters. The van der Waals surface area contributed by atoms with Gasteiger partial charge in [0.15, 0.2) is 0 Å². The smallest absolute Gasteiger partial charge is 0.265 e. The summed E-state index contributed by atoms with van der Waals surface area (Å²) in [5, 5.41) is 1.07. The van der Waals surface area contributed by atoms with Crippen LogP contribution in [0.25, 0.3) is 11.0 Å². The number of halogens is 2. The van der Waals surface area contributed by atoms with Crippen molar-refractivity contribution in [2.75, 3.05) is 0 Å². The molecule has 1 heterocycles. The van der Waals surface area contributed by atoms with E-state index in [-0.39, 0.29) is 10.5 Å². The van der Waals surface area contributed by atoms with Crippen molar-refractivity contribution in [1.29, 1.82) is 0 Å². The molecule has 3 aromatic carbocycles. The normalized spacial score (nSPS) is 11.6. The topological polar surface area (TPSA) is 81.1 Å². The van der Waals surface area contributed by atoms with Crippen molar-refractivity contribution in [2.24, 2.45) is 0 Å². The predicted octanol–water partition coefficient (Wildman–Crippen LogP) is 5.13. The molecular weight excluding hydrogens is 469 g/mol. The Hall–Kier alpha value is -2.87. The van der Waals surface area contributed by atoms with Gasteiger partial charge in [-0.1, -0.05) is 41.4 Å². The van der Waals surface area contributed by atoms with Crippen molar-refractivity contribution >= 4 is 50.2 Å². The van der Waals surface area contributed by atoms with Crippen LogP contribution in [0.4, 0.5) is 0 Å². The number of rotatable bonds is 5. The number of benzene rings is 3. The highest BCUT2D eigenvalue weighted by molar-refractivity contribution is 7.90. The number of hydrogen-bond acceptors (Lipinski definition) is 4. The number of imidazole rings is 1. The maximum Gasteiger partial charge on any atom is 0.265 e. The Morgan fingerprint density at radius 2 is 1.81 bits per heavy atom. The Morgan fingerprint density at radius 3 is 2.53 bits per heavy atom. The molecular formula is C23H19Cl2N3O3S. The monoisotopic (exact) mass is 487 g/mol. The van der Waals surface area contributed by atoms with E-state index in [1.165, 1.54) is 12.1 Å². The molecule has 4 rings (SSSR count). The maximum atomic E-state index is 12.8. The number of sulfonamides is 1. The van der Waals surface area contributed by atoms with E-state index in [4.69, 9.17) is 23.2 Å². The van der Waals surface area contributed by atoms with Crippen LogP contribution in [0.5, 0.6) is 0 Å². The lowest BCUT2D eigenvalue weighted by atomic mass is 10.2. The molecule has 0 saturated carbocycles. The van der Waals surface area contributed by atoms with Crippen molar-refractivity contribution in [2.45, 2.75) is 25.3 Å². The van der Waals surface area contributed by atoms with Gasteiger partial charge in [0.25, 0.3) is 15.9 Å². The van der Waals surface area contributed by atoms with Crippen LogP contribution in [-0.2, 0) is 16.6 Å². The Kier molecular flexibility index (Phi) is 5.99. The van der Waals surface area contributed by atoms with Crippen molar-refractivity contribution in [3.05, 3.63) is 93.2 Å². The van der Waals surface area contributed by atoms with Gasteiger partial charge < -0.3 is 4.57 Å². The number of aryl methyl sites for hydroxylation is 2. The summed E-state index contributed by atoms with van der Waals surface area (Å²) in [7, 11) is -4.00. The molecule has 6 nitrogen and oxygen atoms in total. The zero-order chi connectivity index (χ0) is 23.0. The fourth-order valence-corrected chi connectivity index (χ4v) is 4.97. The van der Waals surface area contributed by atoms with Gasteiger partial charge in [-0.3, -0.25) is 4.79 Å². The highest BCUT2D eigenvalue weighted by Gasteiger charge is 2.20. The number of fused-ring (bicyclic) bond motifs is 1. The molecule has 0 aliphatic rings. The number of hydrogen-bond donors (Lipinski definition) is 1. The third kappa shape index (κ3) is 4.50. The summed E-state index contributed by atoms with van der Waals surface area (Å²) in [6.45, 7) is 4.06. The first-order chi connectivity index (χ1) is 15.1. The first-order valence-corrected chi connectivity index (χ1v) is 11.9. The van der Waals surface area contributed by atoms with Crippen LogP contribution in [0.3, 0.4) is 0 Å². The molecule has 1 N–H and O–H groups in total. The summed E-state index contributed by atoms with van der Waals surface area (Å²) in [6.07, 6.45) is 0. The van der Waals surface area contributed by atoms with Gasteiger partial charge in [-0.05, 0) is 67.4 Å². The Balaban J connectivity index is 1.67. The molecule has 0 bridgehead atoms. The average molecular weight is 488 g/mol. The van der Waals surface area contributed by atoms with E-state index in [0.717, 1.165) is 17.0 Å². The van der Waals surface area contributed by atoms with Gasteiger partial charge in [-0.2, -0.15) is 0 Å².